The molecule has 1 radical (unpaired) electrons. The van der Waals surface area contributed by atoms with Gasteiger partial charge in [0.15, 0.2) is 0 Å². The Morgan fingerprint density at radius 2 is 2.40 bits per heavy atom. The minimum Gasteiger partial charge on any atom is -0.382 e. The molecule has 0 spiro atoms. The van der Waals surface area contributed by atoms with E-state index in [0.717, 1.165) is 6.42 Å². The van der Waals surface area contributed by atoms with Gasteiger partial charge in [-0.15, -0.1) is 0 Å². The van der Waals surface area contributed by atoms with Crippen molar-refractivity contribution in [1.29, 1.82) is 0 Å². The molecular formula is C8H13O2. The molecule has 0 aromatic carbocycles. The largest absolute Gasteiger partial charge is 0.382 e. The van der Waals surface area contributed by atoms with Gasteiger partial charge in [0.1, 0.15) is 0 Å². The molecule has 0 bridgehead atoms. The highest BCUT2D eigenvalue weighted by Crippen LogP contribution is 2.33. The summed E-state index contributed by atoms with van der Waals surface area (Å²) in [6, 6.07) is 0. The lowest BCUT2D eigenvalue weighted by molar-refractivity contribution is 0.0573. The van der Waals surface area contributed by atoms with Crippen LogP contribution in [0.1, 0.15) is 6.42 Å². The second-order valence-electron chi connectivity index (χ2n) is 2.49. The van der Waals surface area contributed by atoms with Gasteiger partial charge in [-0.05, 0) is 6.42 Å². The molecule has 0 aromatic rings. The highest BCUT2D eigenvalue weighted by atomic mass is 16.5. The summed E-state index contributed by atoms with van der Waals surface area (Å²) in [5, 5.41) is 0. The molecule has 10 heavy (non-hydrogen) atoms. The Bertz CT molecular complexity index is 112. The van der Waals surface area contributed by atoms with Gasteiger partial charge < -0.3 is 9.47 Å². The van der Waals surface area contributed by atoms with Gasteiger partial charge in [-0.2, -0.15) is 0 Å². The summed E-state index contributed by atoms with van der Waals surface area (Å²) in [6.45, 7) is 6.65. The number of hydrogen-bond donors (Lipinski definition) is 0. The first-order valence-electron chi connectivity index (χ1n) is 3.54. The van der Waals surface area contributed by atoms with Crippen molar-refractivity contribution in [1.82, 2.24) is 0 Å². The van der Waals surface area contributed by atoms with E-state index in [4.69, 9.17) is 16.1 Å². The molecule has 0 saturated heterocycles. The van der Waals surface area contributed by atoms with Crippen molar-refractivity contribution < 1.29 is 9.47 Å². The predicted molar refractivity (Wildman–Crippen MR) is 38.6 cm³/mol. The highest BCUT2D eigenvalue weighted by Gasteiger charge is 2.35. The number of hydrogen-bond acceptors (Lipinski definition) is 2. The van der Waals surface area contributed by atoms with Crippen molar-refractivity contribution in [2.45, 2.75) is 12.5 Å². The molecule has 1 fully saturated rings. The van der Waals surface area contributed by atoms with E-state index < -0.39 is 0 Å². The van der Waals surface area contributed by atoms with Crippen molar-refractivity contribution >= 4 is 0 Å². The van der Waals surface area contributed by atoms with Gasteiger partial charge in [-0.1, -0.05) is 12.7 Å². The van der Waals surface area contributed by atoms with Gasteiger partial charge >= 0.3 is 0 Å². The smallest absolute Gasteiger partial charge is 0.0704 e. The standard InChI is InChI=1S/C8H13O2/c1-3-7-6-8(7)10-5-4-9-2/h1,3,7-8H,4-6H2,2H3. The number of rotatable bonds is 5. The Labute approximate surface area is 61.8 Å². The van der Waals surface area contributed by atoms with E-state index in [2.05, 4.69) is 0 Å². The van der Waals surface area contributed by atoms with Crippen LogP contribution in [-0.2, 0) is 9.47 Å². The predicted octanol–water partition coefficient (Wildman–Crippen LogP) is 1.03. The lowest BCUT2D eigenvalue weighted by atomic mass is 10.4. The van der Waals surface area contributed by atoms with Crippen LogP contribution in [-0.4, -0.2) is 26.4 Å². The molecule has 0 N–H and O–H groups in total. The molecule has 0 heterocycles. The second kappa shape index (κ2) is 3.74. The number of methoxy groups -OCH3 is 1. The minimum absolute atomic E-state index is 0.375. The van der Waals surface area contributed by atoms with Crippen LogP contribution in [0.5, 0.6) is 0 Å². The normalized spacial score (nSPS) is 30.1. The van der Waals surface area contributed by atoms with E-state index in [-0.39, 0.29) is 0 Å². The van der Waals surface area contributed by atoms with Gasteiger partial charge in [0.05, 0.1) is 19.3 Å². The molecule has 2 heteroatoms. The molecular weight excluding hydrogens is 128 g/mol. The Balaban J connectivity index is 1.91. The van der Waals surface area contributed by atoms with Crippen LogP contribution in [0.25, 0.3) is 0 Å². The van der Waals surface area contributed by atoms with E-state index in [1.807, 2.05) is 0 Å². The quantitative estimate of drug-likeness (QED) is 0.532. The van der Waals surface area contributed by atoms with Gasteiger partial charge in [-0.3, -0.25) is 0 Å². The molecule has 2 nitrogen and oxygen atoms in total. The zero-order valence-corrected chi connectivity index (χ0v) is 6.25. The Morgan fingerprint density at radius 3 is 2.90 bits per heavy atom. The summed E-state index contributed by atoms with van der Waals surface area (Å²) in [7, 11) is 1.67. The van der Waals surface area contributed by atoms with Crippen molar-refractivity contribution in [3.05, 3.63) is 12.7 Å². The van der Waals surface area contributed by atoms with Gasteiger partial charge in [0.25, 0.3) is 0 Å². The van der Waals surface area contributed by atoms with Gasteiger partial charge in [0, 0.05) is 13.0 Å². The third-order valence-electron chi connectivity index (χ3n) is 1.65. The summed E-state index contributed by atoms with van der Waals surface area (Å²) in [5.74, 6) is 0.497. The molecule has 2 atom stereocenters. The third kappa shape index (κ3) is 2.12. The van der Waals surface area contributed by atoms with Crippen LogP contribution in [0.4, 0.5) is 0 Å². The van der Waals surface area contributed by atoms with Crippen molar-refractivity contribution in [3.8, 4) is 0 Å². The maximum absolute atomic E-state index is 5.36. The Kier molecular flexibility index (Phi) is 2.90. The van der Waals surface area contributed by atoms with Crippen molar-refractivity contribution in [2.75, 3.05) is 20.3 Å². The fourth-order valence-electron chi connectivity index (χ4n) is 0.867. The SMILES string of the molecule is [CH]=CC1CC1OCCOC. The van der Waals surface area contributed by atoms with E-state index in [0.29, 0.717) is 25.2 Å². The minimum atomic E-state index is 0.375. The second-order valence-corrected chi connectivity index (χ2v) is 2.49. The average molecular weight is 141 g/mol. The van der Waals surface area contributed by atoms with Gasteiger partial charge in [-0.25, -0.2) is 0 Å². The van der Waals surface area contributed by atoms with Crippen LogP contribution in [0.3, 0.4) is 0 Å². The zero-order chi connectivity index (χ0) is 7.40. The van der Waals surface area contributed by atoms with Crippen LogP contribution in [0.2, 0.25) is 0 Å². The molecule has 0 aromatic heterocycles. The molecule has 1 saturated carbocycles. The van der Waals surface area contributed by atoms with Crippen molar-refractivity contribution in [3.63, 3.8) is 0 Å². The third-order valence-corrected chi connectivity index (χ3v) is 1.65. The molecule has 0 amide bonds. The fourth-order valence-corrected chi connectivity index (χ4v) is 0.867. The first-order chi connectivity index (χ1) is 4.88. The van der Waals surface area contributed by atoms with Crippen molar-refractivity contribution in [2.24, 2.45) is 5.92 Å². The van der Waals surface area contributed by atoms with Crippen LogP contribution in [0.15, 0.2) is 6.08 Å². The van der Waals surface area contributed by atoms with Crippen LogP contribution in [0, 0.1) is 12.5 Å². The monoisotopic (exact) mass is 141 g/mol. The van der Waals surface area contributed by atoms with Crippen LogP contribution < -0.4 is 0 Å². The summed E-state index contributed by atoms with van der Waals surface area (Å²) in [6.07, 6.45) is 3.16. The maximum Gasteiger partial charge on any atom is 0.0704 e. The number of ether oxygens (including phenoxy) is 2. The van der Waals surface area contributed by atoms with E-state index >= 15 is 0 Å². The lowest BCUT2D eigenvalue weighted by Gasteiger charge is -1.99. The molecule has 1 aliphatic carbocycles. The van der Waals surface area contributed by atoms with E-state index in [1.54, 1.807) is 13.2 Å². The first-order valence-corrected chi connectivity index (χ1v) is 3.54. The summed E-state index contributed by atoms with van der Waals surface area (Å²) >= 11 is 0. The zero-order valence-electron chi connectivity index (χ0n) is 6.25. The Morgan fingerprint density at radius 1 is 1.60 bits per heavy atom. The molecule has 2 unspecified atom stereocenters. The lowest BCUT2D eigenvalue weighted by Crippen LogP contribution is -2.04. The van der Waals surface area contributed by atoms with Gasteiger partial charge in [0.2, 0.25) is 0 Å². The molecule has 0 aliphatic heterocycles. The maximum atomic E-state index is 5.36. The van der Waals surface area contributed by atoms with E-state index in [9.17, 15) is 0 Å². The average Bonchev–Trinajstić information content (AvgIpc) is 2.68. The highest BCUT2D eigenvalue weighted by molar-refractivity contribution is 4.98. The topological polar surface area (TPSA) is 18.5 Å². The molecule has 1 rings (SSSR count). The van der Waals surface area contributed by atoms with Crippen LogP contribution >= 0.6 is 0 Å². The summed E-state index contributed by atoms with van der Waals surface area (Å²) in [4.78, 5) is 0. The van der Waals surface area contributed by atoms with E-state index in [1.165, 1.54) is 0 Å². The summed E-state index contributed by atoms with van der Waals surface area (Å²) < 4.78 is 10.2. The first kappa shape index (κ1) is 7.76. The molecule has 57 valence electrons. The summed E-state index contributed by atoms with van der Waals surface area (Å²) in [5.41, 5.74) is 0. The molecule has 1 aliphatic rings. The Hall–Kier alpha value is -0.340. The fraction of sp³-hybridized carbons (Fsp3) is 0.750.